The number of aromatic nitrogens is 1. The van der Waals surface area contributed by atoms with Crippen LogP contribution in [0.1, 0.15) is 38.3 Å². The molecule has 0 bridgehead atoms. The average Bonchev–Trinajstić information content (AvgIpc) is 2.42. The normalized spacial score (nSPS) is 27.2. The molecule has 1 aromatic heterocycles. The van der Waals surface area contributed by atoms with E-state index in [0.29, 0.717) is 13.0 Å². The fraction of sp³-hybridized carbons (Fsp3) is 0.600. The average molecular weight is 325 g/mol. The van der Waals surface area contributed by atoms with E-state index in [0.717, 1.165) is 41.8 Å². The summed E-state index contributed by atoms with van der Waals surface area (Å²) in [5.74, 6) is 0.981. The molecule has 4 heteroatoms. The van der Waals surface area contributed by atoms with Crippen molar-refractivity contribution in [1.82, 2.24) is 4.98 Å². The van der Waals surface area contributed by atoms with Crippen molar-refractivity contribution in [3.05, 3.63) is 28.5 Å². The number of pyridine rings is 1. The fourth-order valence-electron chi connectivity index (χ4n) is 2.77. The third-order valence-corrected chi connectivity index (χ3v) is 4.81. The van der Waals surface area contributed by atoms with Crippen LogP contribution in [0.3, 0.4) is 0 Å². The van der Waals surface area contributed by atoms with Crippen LogP contribution in [0.15, 0.2) is 22.8 Å². The summed E-state index contributed by atoms with van der Waals surface area (Å²) < 4.78 is 0.934. The molecule has 0 saturated heterocycles. The second-order valence-electron chi connectivity index (χ2n) is 5.73. The second kappa shape index (κ2) is 6.14. The molecule has 0 unspecified atom stereocenters. The van der Waals surface area contributed by atoms with Gasteiger partial charge in [-0.05, 0) is 59.7 Å². The van der Waals surface area contributed by atoms with Gasteiger partial charge in [0, 0.05) is 34.7 Å². The Bertz CT molecular complexity index is 436. The lowest BCUT2D eigenvalue weighted by Crippen LogP contribution is -2.42. The van der Waals surface area contributed by atoms with Gasteiger partial charge in [-0.25, -0.2) is 0 Å². The SMILES string of the molecule is CC1CCC(CN)(C(=O)Cc2ccc(Br)cn2)CC1. The van der Waals surface area contributed by atoms with Crippen molar-refractivity contribution < 1.29 is 4.79 Å². The minimum Gasteiger partial charge on any atom is -0.329 e. The third kappa shape index (κ3) is 3.42. The summed E-state index contributed by atoms with van der Waals surface area (Å²) in [6, 6.07) is 3.82. The molecule has 0 atom stereocenters. The third-order valence-electron chi connectivity index (χ3n) is 4.34. The molecule has 2 N–H and O–H groups in total. The monoisotopic (exact) mass is 324 g/mol. The maximum atomic E-state index is 12.6. The molecular weight excluding hydrogens is 304 g/mol. The van der Waals surface area contributed by atoms with E-state index >= 15 is 0 Å². The van der Waals surface area contributed by atoms with Crippen molar-refractivity contribution in [1.29, 1.82) is 0 Å². The summed E-state index contributed by atoms with van der Waals surface area (Å²) in [4.78, 5) is 16.9. The molecule has 0 aromatic carbocycles. The number of nitrogens with two attached hydrogens (primary N) is 1. The second-order valence-corrected chi connectivity index (χ2v) is 6.65. The Morgan fingerprint density at radius 3 is 2.68 bits per heavy atom. The van der Waals surface area contributed by atoms with Crippen molar-refractivity contribution in [3.8, 4) is 0 Å². The number of Topliss-reactive ketones (excluding diaryl/α,β-unsaturated/α-hetero) is 1. The Morgan fingerprint density at radius 2 is 2.16 bits per heavy atom. The zero-order valence-electron chi connectivity index (χ0n) is 11.4. The molecule has 0 radical (unpaired) electrons. The van der Waals surface area contributed by atoms with Gasteiger partial charge in [0.05, 0.1) is 0 Å². The highest BCUT2D eigenvalue weighted by Gasteiger charge is 2.39. The molecule has 104 valence electrons. The van der Waals surface area contributed by atoms with Crippen LogP contribution in [0.4, 0.5) is 0 Å². The summed E-state index contributed by atoms with van der Waals surface area (Å²) in [6.07, 6.45) is 6.22. The Labute approximate surface area is 123 Å². The number of ketones is 1. The molecule has 1 saturated carbocycles. The van der Waals surface area contributed by atoms with Gasteiger partial charge in [0.15, 0.2) is 0 Å². The number of carbonyl (C=O) groups is 1. The fourth-order valence-corrected chi connectivity index (χ4v) is 3.01. The van der Waals surface area contributed by atoms with E-state index in [2.05, 4.69) is 27.8 Å². The van der Waals surface area contributed by atoms with Crippen LogP contribution < -0.4 is 5.73 Å². The molecule has 19 heavy (non-hydrogen) atoms. The van der Waals surface area contributed by atoms with E-state index in [1.54, 1.807) is 6.20 Å². The molecule has 1 fully saturated rings. The van der Waals surface area contributed by atoms with Crippen LogP contribution in [0.2, 0.25) is 0 Å². The van der Waals surface area contributed by atoms with Crippen molar-refractivity contribution in [3.63, 3.8) is 0 Å². The number of nitrogens with zero attached hydrogens (tertiary/aromatic N) is 1. The van der Waals surface area contributed by atoms with Gasteiger partial charge in [0.2, 0.25) is 0 Å². The first-order chi connectivity index (χ1) is 9.05. The maximum Gasteiger partial charge on any atom is 0.146 e. The first kappa shape index (κ1) is 14.7. The van der Waals surface area contributed by atoms with Gasteiger partial charge in [0.25, 0.3) is 0 Å². The highest BCUT2D eigenvalue weighted by atomic mass is 79.9. The van der Waals surface area contributed by atoms with Crippen molar-refractivity contribution in [2.24, 2.45) is 17.1 Å². The Morgan fingerprint density at radius 1 is 1.47 bits per heavy atom. The minimum absolute atomic E-state index is 0.261. The van der Waals surface area contributed by atoms with Gasteiger partial charge in [-0.2, -0.15) is 0 Å². The smallest absolute Gasteiger partial charge is 0.146 e. The molecular formula is C15H21BrN2O. The lowest BCUT2D eigenvalue weighted by Gasteiger charge is -2.37. The topological polar surface area (TPSA) is 56.0 Å². The lowest BCUT2D eigenvalue weighted by molar-refractivity contribution is -0.129. The van der Waals surface area contributed by atoms with Gasteiger partial charge < -0.3 is 5.73 Å². The Hall–Kier alpha value is -0.740. The zero-order chi connectivity index (χ0) is 13.9. The van der Waals surface area contributed by atoms with E-state index < -0.39 is 0 Å². The summed E-state index contributed by atoms with van der Waals surface area (Å²) in [7, 11) is 0. The molecule has 1 heterocycles. The molecule has 3 nitrogen and oxygen atoms in total. The molecule has 1 aliphatic carbocycles. The number of hydrogen-bond donors (Lipinski definition) is 1. The van der Waals surface area contributed by atoms with E-state index in [-0.39, 0.29) is 11.2 Å². The number of carbonyl (C=O) groups excluding carboxylic acids is 1. The highest BCUT2D eigenvalue weighted by Crippen LogP contribution is 2.39. The molecule has 0 amide bonds. The largest absolute Gasteiger partial charge is 0.329 e. The van der Waals surface area contributed by atoms with Crippen LogP contribution in [0.25, 0.3) is 0 Å². The van der Waals surface area contributed by atoms with Crippen LogP contribution in [-0.4, -0.2) is 17.3 Å². The predicted molar refractivity (Wildman–Crippen MR) is 79.8 cm³/mol. The maximum absolute atomic E-state index is 12.6. The molecule has 2 rings (SSSR count). The van der Waals surface area contributed by atoms with Gasteiger partial charge >= 0.3 is 0 Å². The zero-order valence-corrected chi connectivity index (χ0v) is 12.9. The van der Waals surface area contributed by atoms with Crippen LogP contribution in [-0.2, 0) is 11.2 Å². The van der Waals surface area contributed by atoms with E-state index in [1.807, 2.05) is 12.1 Å². The number of hydrogen-bond acceptors (Lipinski definition) is 3. The Kier molecular flexibility index (Phi) is 4.74. The van der Waals surface area contributed by atoms with E-state index in [1.165, 1.54) is 0 Å². The molecule has 1 aromatic rings. The van der Waals surface area contributed by atoms with Crippen LogP contribution >= 0.6 is 15.9 Å². The minimum atomic E-state index is -0.304. The highest BCUT2D eigenvalue weighted by molar-refractivity contribution is 9.10. The Balaban J connectivity index is 2.06. The van der Waals surface area contributed by atoms with Crippen molar-refractivity contribution in [2.75, 3.05) is 6.54 Å². The summed E-state index contributed by atoms with van der Waals surface area (Å²) >= 11 is 3.35. The van der Waals surface area contributed by atoms with Gasteiger partial charge in [-0.3, -0.25) is 9.78 Å². The van der Waals surface area contributed by atoms with Gasteiger partial charge in [-0.1, -0.05) is 6.92 Å². The van der Waals surface area contributed by atoms with Crippen molar-refractivity contribution >= 4 is 21.7 Å². The van der Waals surface area contributed by atoms with Crippen LogP contribution in [0.5, 0.6) is 0 Å². The van der Waals surface area contributed by atoms with Crippen molar-refractivity contribution in [2.45, 2.75) is 39.0 Å². The first-order valence-electron chi connectivity index (χ1n) is 6.89. The molecule has 0 spiro atoms. The standard InChI is InChI=1S/C15H21BrN2O/c1-11-4-6-15(10-17,7-5-11)14(19)8-13-3-2-12(16)9-18-13/h2-3,9,11H,4-8,10,17H2,1H3. The summed E-state index contributed by atoms with van der Waals surface area (Å²) in [5, 5.41) is 0. The first-order valence-corrected chi connectivity index (χ1v) is 7.69. The predicted octanol–water partition coefficient (Wildman–Crippen LogP) is 3.11. The van der Waals surface area contributed by atoms with E-state index in [4.69, 9.17) is 5.73 Å². The summed E-state index contributed by atoms with van der Waals surface area (Å²) in [5.41, 5.74) is 6.44. The van der Waals surface area contributed by atoms with E-state index in [9.17, 15) is 4.79 Å². The summed E-state index contributed by atoms with van der Waals surface area (Å²) in [6.45, 7) is 2.72. The van der Waals surface area contributed by atoms with Crippen LogP contribution in [0, 0.1) is 11.3 Å². The molecule has 0 aliphatic heterocycles. The van der Waals surface area contributed by atoms with Gasteiger partial charge in [-0.15, -0.1) is 0 Å². The quantitative estimate of drug-likeness (QED) is 0.925. The van der Waals surface area contributed by atoms with Gasteiger partial charge in [0.1, 0.15) is 5.78 Å². The number of halogens is 1. The number of rotatable bonds is 4. The molecule has 1 aliphatic rings. The lowest BCUT2D eigenvalue weighted by atomic mass is 9.67.